The van der Waals surface area contributed by atoms with Gasteiger partial charge in [0, 0.05) is 0 Å². The van der Waals surface area contributed by atoms with Crippen molar-refractivity contribution in [2.24, 2.45) is 0 Å². The van der Waals surface area contributed by atoms with Gasteiger partial charge in [-0.05, 0) is 0 Å². The van der Waals surface area contributed by atoms with Crippen molar-refractivity contribution in [3.8, 4) is 0 Å². The van der Waals surface area contributed by atoms with Crippen LogP contribution >= 0.6 is 31.9 Å². The van der Waals surface area contributed by atoms with Gasteiger partial charge < -0.3 is 0 Å². The van der Waals surface area contributed by atoms with Gasteiger partial charge in [-0.3, -0.25) is 0 Å². The maximum atomic E-state index is 3.69. The van der Waals surface area contributed by atoms with E-state index < -0.39 is 18.4 Å². The minimum absolute atomic E-state index is 1.25. The molecule has 0 unspecified atom stereocenters. The van der Waals surface area contributed by atoms with Crippen LogP contribution in [0.1, 0.15) is 0 Å². The quantitative estimate of drug-likeness (QED) is 0.594. The number of rotatable bonds is 2. The summed E-state index contributed by atoms with van der Waals surface area (Å²) in [7, 11) is 0. The van der Waals surface area contributed by atoms with Crippen molar-refractivity contribution in [3.63, 3.8) is 0 Å². The molecule has 3 heteroatoms. The summed E-state index contributed by atoms with van der Waals surface area (Å²) in [4.78, 5) is 4.91. The standard InChI is InChI=1S/2C6H4Br.2CH3.Sn/c2*7-6-4-2-1-3-5-6;;;/h2*1-4H;2*1H3;. The monoisotopic (exact) mass is 460 g/mol. The molecule has 88 valence electrons. The molecule has 0 saturated carbocycles. The SMILES string of the molecule is [CH3][Sn]([CH3])([c]1ccccc1Br)[c]1ccccc1Br. The Morgan fingerprint density at radius 2 is 1.06 bits per heavy atom. The second-order valence-electron chi connectivity index (χ2n) is 4.58. The molecule has 0 saturated heterocycles. The van der Waals surface area contributed by atoms with Gasteiger partial charge in [0.2, 0.25) is 0 Å². The predicted octanol–water partition coefficient (Wildman–Crippen LogP) is 4.03. The molecule has 0 aliphatic rings. The molecule has 17 heavy (non-hydrogen) atoms. The molecule has 0 nitrogen and oxygen atoms in total. The molecular weight excluding hydrogens is 447 g/mol. The van der Waals surface area contributed by atoms with Crippen LogP contribution in [0.25, 0.3) is 0 Å². The van der Waals surface area contributed by atoms with Crippen LogP contribution in [0.15, 0.2) is 57.5 Å². The molecular formula is C14H14Br2Sn. The van der Waals surface area contributed by atoms with Crippen LogP contribution < -0.4 is 7.16 Å². The van der Waals surface area contributed by atoms with Crippen molar-refractivity contribution in [3.05, 3.63) is 57.5 Å². The number of benzene rings is 2. The zero-order valence-electron chi connectivity index (χ0n) is 9.87. The van der Waals surface area contributed by atoms with E-state index in [1.807, 2.05) is 0 Å². The Labute approximate surface area is 124 Å². The molecule has 0 aromatic heterocycles. The third-order valence-electron chi connectivity index (χ3n) is 3.09. The van der Waals surface area contributed by atoms with E-state index in [4.69, 9.17) is 0 Å². The first kappa shape index (κ1) is 13.6. The Balaban J connectivity index is 2.58. The summed E-state index contributed by atoms with van der Waals surface area (Å²) in [5, 5.41) is 0. The van der Waals surface area contributed by atoms with E-state index in [1.165, 1.54) is 16.1 Å². The van der Waals surface area contributed by atoms with Gasteiger partial charge in [-0.15, -0.1) is 0 Å². The molecule has 0 bridgehead atoms. The second-order valence-corrected chi connectivity index (χ2v) is 18.6. The average Bonchev–Trinajstić information content (AvgIpc) is 2.29. The summed E-state index contributed by atoms with van der Waals surface area (Å²) in [5.41, 5.74) is 0. The first-order chi connectivity index (χ1) is 8.03. The average molecular weight is 461 g/mol. The number of halogens is 2. The molecule has 0 aliphatic carbocycles. The third kappa shape index (κ3) is 2.79. The van der Waals surface area contributed by atoms with E-state index in [9.17, 15) is 0 Å². The maximum absolute atomic E-state index is 3.69. The second kappa shape index (κ2) is 5.45. The molecule has 0 heterocycles. The number of hydrogen-bond donors (Lipinski definition) is 0. The number of hydrogen-bond acceptors (Lipinski definition) is 0. The van der Waals surface area contributed by atoms with Gasteiger partial charge in [0.1, 0.15) is 0 Å². The van der Waals surface area contributed by atoms with Crippen LogP contribution in [0.3, 0.4) is 0 Å². The molecule has 0 atom stereocenters. The molecule has 2 rings (SSSR count). The van der Waals surface area contributed by atoms with Crippen LogP contribution in [0, 0.1) is 0 Å². The molecule has 0 aliphatic heterocycles. The van der Waals surface area contributed by atoms with Gasteiger partial charge in [-0.25, -0.2) is 0 Å². The Morgan fingerprint density at radius 3 is 1.41 bits per heavy atom. The van der Waals surface area contributed by atoms with Crippen molar-refractivity contribution in [1.82, 2.24) is 0 Å². The Morgan fingerprint density at radius 1 is 0.706 bits per heavy atom. The zero-order chi connectivity index (χ0) is 12.5. The molecule has 0 spiro atoms. The zero-order valence-corrected chi connectivity index (χ0v) is 15.9. The van der Waals surface area contributed by atoms with Gasteiger partial charge in [0.05, 0.1) is 0 Å². The summed E-state index contributed by atoms with van der Waals surface area (Å²) in [6, 6.07) is 17.2. The van der Waals surface area contributed by atoms with E-state index in [-0.39, 0.29) is 0 Å². The van der Waals surface area contributed by atoms with Crippen molar-refractivity contribution in [2.75, 3.05) is 0 Å². The Kier molecular flexibility index (Phi) is 4.37. The van der Waals surface area contributed by atoms with Crippen LogP contribution in [-0.4, -0.2) is 18.4 Å². The van der Waals surface area contributed by atoms with Crippen LogP contribution in [0.2, 0.25) is 9.88 Å². The Bertz CT molecular complexity index is 488. The summed E-state index contributed by atoms with van der Waals surface area (Å²) < 4.78 is 5.51. The third-order valence-corrected chi connectivity index (χ3v) is 16.7. The first-order valence-corrected chi connectivity index (χ1v) is 15.7. The van der Waals surface area contributed by atoms with Crippen LogP contribution in [-0.2, 0) is 0 Å². The van der Waals surface area contributed by atoms with Gasteiger partial charge in [0.15, 0.2) is 0 Å². The fourth-order valence-electron chi connectivity index (χ4n) is 2.08. The fourth-order valence-corrected chi connectivity index (χ4v) is 16.9. The molecule has 2 aromatic rings. The van der Waals surface area contributed by atoms with Crippen molar-refractivity contribution in [2.45, 2.75) is 9.88 Å². The molecule has 0 N–H and O–H groups in total. The van der Waals surface area contributed by atoms with E-state index in [0.29, 0.717) is 0 Å². The summed E-state index contributed by atoms with van der Waals surface area (Å²) in [6.07, 6.45) is 0. The van der Waals surface area contributed by atoms with Crippen molar-refractivity contribution < 1.29 is 0 Å². The molecule has 2 aromatic carbocycles. The van der Waals surface area contributed by atoms with Crippen molar-refractivity contribution in [1.29, 1.82) is 0 Å². The van der Waals surface area contributed by atoms with Gasteiger partial charge in [-0.2, -0.15) is 0 Å². The fraction of sp³-hybridized carbons (Fsp3) is 0.143. The van der Waals surface area contributed by atoms with Crippen LogP contribution in [0.4, 0.5) is 0 Å². The van der Waals surface area contributed by atoms with Gasteiger partial charge in [-0.1, -0.05) is 0 Å². The summed E-state index contributed by atoms with van der Waals surface area (Å²) in [6.45, 7) is 0. The van der Waals surface area contributed by atoms with Crippen LogP contribution in [0.5, 0.6) is 0 Å². The minimum atomic E-state index is -2.46. The van der Waals surface area contributed by atoms with Gasteiger partial charge in [0.25, 0.3) is 0 Å². The first-order valence-electron chi connectivity index (χ1n) is 5.53. The van der Waals surface area contributed by atoms with Crippen molar-refractivity contribution >= 4 is 57.4 Å². The predicted molar refractivity (Wildman–Crippen MR) is 85.0 cm³/mol. The normalized spacial score (nSPS) is 11.5. The molecule has 0 fully saturated rings. The summed E-state index contributed by atoms with van der Waals surface area (Å²) >= 11 is 4.92. The Hall–Kier alpha value is 0.199. The molecule has 0 amide bonds. The van der Waals surface area contributed by atoms with Gasteiger partial charge >= 0.3 is 125 Å². The van der Waals surface area contributed by atoms with E-state index in [2.05, 4.69) is 90.3 Å². The van der Waals surface area contributed by atoms with E-state index in [0.717, 1.165) is 0 Å². The van der Waals surface area contributed by atoms with E-state index in [1.54, 1.807) is 0 Å². The molecule has 0 radical (unpaired) electrons. The van der Waals surface area contributed by atoms with E-state index >= 15 is 0 Å². The topological polar surface area (TPSA) is 0 Å². The summed E-state index contributed by atoms with van der Waals surface area (Å²) in [5.74, 6) is 0.